The zero-order chi connectivity index (χ0) is 25.8. The fourth-order valence-electron chi connectivity index (χ4n) is 5.24. The van der Waals surface area contributed by atoms with Crippen molar-refractivity contribution in [2.24, 2.45) is 0 Å². The Bertz CT molecular complexity index is 1370. The molecule has 2 aromatic carbocycles. The van der Waals surface area contributed by atoms with E-state index in [1.807, 2.05) is 0 Å². The molecule has 1 aliphatic heterocycles. The molecule has 3 aromatic rings. The lowest BCUT2D eigenvalue weighted by Crippen LogP contribution is -2.48. The number of rotatable bonds is 3. The number of nitrogens with zero attached hydrogens (tertiary/aromatic N) is 3. The van der Waals surface area contributed by atoms with Gasteiger partial charge in [-0.3, -0.25) is 14.3 Å². The average Bonchev–Trinajstić information content (AvgIpc) is 2.99. The zero-order valence-electron chi connectivity index (χ0n) is 18.7. The van der Waals surface area contributed by atoms with Crippen LogP contribution in [0.25, 0.3) is 0 Å². The molecule has 1 unspecified atom stereocenters. The van der Waals surface area contributed by atoms with Gasteiger partial charge in [-0.1, -0.05) is 24.3 Å². The van der Waals surface area contributed by atoms with Crippen LogP contribution >= 0.6 is 0 Å². The maximum Gasteiger partial charge on any atom is 0.390 e. The van der Waals surface area contributed by atoms with Crippen molar-refractivity contribution in [1.29, 1.82) is 0 Å². The number of halogens is 5. The first-order valence-electron chi connectivity index (χ1n) is 11.3. The molecule has 11 heteroatoms. The van der Waals surface area contributed by atoms with Crippen LogP contribution in [0.2, 0.25) is 0 Å². The van der Waals surface area contributed by atoms with E-state index in [1.54, 1.807) is 12.1 Å². The largest absolute Gasteiger partial charge is 0.502 e. The normalized spacial score (nSPS) is 17.9. The fourth-order valence-corrected chi connectivity index (χ4v) is 5.24. The molecular weight excluding hydrogens is 485 g/mol. The number of alkyl halides is 3. The van der Waals surface area contributed by atoms with E-state index in [0.29, 0.717) is 22.3 Å². The maximum absolute atomic E-state index is 14.9. The molecule has 0 spiro atoms. The quantitative estimate of drug-likeness (QED) is 0.544. The highest BCUT2D eigenvalue weighted by molar-refractivity contribution is 5.95. The van der Waals surface area contributed by atoms with E-state index in [0.717, 1.165) is 15.8 Å². The highest BCUT2D eigenvalue weighted by Crippen LogP contribution is 2.45. The summed E-state index contributed by atoms with van der Waals surface area (Å²) in [6, 6.07) is 7.87. The van der Waals surface area contributed by atoms with E-state index in [2.05, 4.69) is 5.10 Å². The van der Waals surface area contributed by atoms with Gasteiger partial charge in [0.1, 0.15) is 11.6 Å². The number of carbonyl (C=O) groups excluding carboxylic acids is 1. The molecule has 6 nitrogen and oxygen atoms in total. The first kappa shape index (κ1) is 24.0. The summed E-state index contributed by atoms with van der Waals surface area (Å²) >= 11 is 0. The monoisotopic (exact) mass is 505 g/mol. The molecule has 5 rings (SSSR count). The molecule has 1 amide bonds. The number of hydrogen-bond donors (Lipinski definition) is 1. The molecule has 2 aliphatic rings. The molecule has 0 radical (unpaired) electrons. The van der Waals surface area contributed by atoms with E-state index >= 15 is 0 Å². The lowest BCUT2D eigenvalue weighted by Gasteiger charge is -2.39. The van der Waals surface area contributed by atoms with Crippen molar-refractivity contribution in [2.75, 3.05) is 13.1 Å². The molecule has 1 aromatic heterocycles. The Balaban J connectivity index is 1.74. The van der Waals surface area contributed by atoms with Crippen LogP contribution in [0.4, 0.5) is 22.0 Å². The smallest absolute Gasteiger partial charge is 0.390 e. The molecule has 1 aliphatic carbocycles. The van der Waals surface area contributed by atoms with E-state index in [9.17, 15) is 36.6 Å². The van der Waals surface area contributed by atoms with E-state index in [1.165, 1.54) is 24.3 Å². The van der Waals surface area contributed by atoms with Crippen molar-refractivity contribution >= 4 is 5.91 Å². The van der Waals surface area contributed by atoms with Crippen molar-refractivity contribution in [1.82, 2.24) is 14.7 Å². The van der Waals surface area contributed by atoms with Crippen LogP contribution in [-0.2, 0) is 12.8 Å². The molecule has 1 atom stereocenters. The van der Waals surface area contributed by atoms with Crippen LogP contribution in [0.5, 0.6) is 5.75 Å². The second-order valence-electron chi connectivity index (χ2n) is 8.93. The van der Waals surface area contributed by atoms with Gasteiger partial charge in [-0.15, -0.1) is 0 Å². The van der Waals surface area contributed by atoms with E-state index in [4.69, 9.17) is 0 Å². The maximum atomic E-state index is 14.9. The van der Waals surface area contributed by atoms with Crippen molar-refractivity contribution in [3.8, 4) is 5.75 Å². The predicted octanol–water partition coefficient (Wildman–Crippen LogP) is 4.11. The molecule has 0 bridgehead atoms. The standard InChI is InChI=1S/C25H20F5N3O3/c26-17-5-1-3-15-13(17)7-8-14-16(4-2-6-18(14)27)21(15)19-12-32(10-9-25(28,29)30)24(36)22-23(35)20(34)11-31-33(19)22/h1-6,11,19,21,35H,7-10,12H2. The third-order valence-electron chi connectivity index (χ3n) is 6.85. The Morgan fingerprint density at radius 1 is 0.972 bits per heavy atom. The number of carbonyl (C=O) groups is 1. The second kappa shape index (κ2) is 8.72. The number of benzene rings is 2. The number of aromatic nitrogens is 2. The van der Waals surface area contributed by atoms with E-state index < -0.39 is 65.5 Å². The minimum Gasteiger partial charge on any atom is -0.502 e. The summed E-state index contributed by atoms with van der Waals surface area (Å²) < 4.78 is 70.0. The van der Waals surface area contributed by atoms with E-state index in [-0.39, 0.29) is 19.4 Å². The van der Waals surface area contributed by atoms with Gasteiger partial charge in [0, 0.05) is 19.0 Å². The van der Waals surface area contributed by atoms with Crippen molar-refractivity contribution < 1.29 is 31.9 Å². The van der Waals surface area contributed by atoms with Crippen LogP contribution in [-0.4, -0.2) is 45.0 Å². The van der Waals surface area contributed by atoms with Gasteiger partial charge >= 0.3 is 6.18 Å². The SMILES string of the molecule is O=C1c2c(O)c(=O)cnn2C(C2c3cccc(F)c3CCc3c(F)cccc32)CN1CCC(F)(F)F. The number of fused-ring (bicyclic) bond motifs is 3. The van der Waals surface area contributed by atoms with Gasteiger partial charge in [0.05, 0.1) is 18.7 Å². The fraction of sp³-hybridized carbons (Fsp3) is 0.320. The topological polar surface area (TPSA) is 75.4 Å². The van der Waals surface area contributed by atoms with Gasteiger partial charge < -0.3 is 10.0 Å². The molecule has 0 saturated heterocycles. The van der Waals surface area contributed by atoms with Gasteiger partial charge in [0.25, 0.3) is 5.91 Å². The Morgan fingerprint density at radius 2 is 1.56 bits per heavy atom. The minimum atomic E-state index is -4.56. The summed E-state index contributed by atoms with van der Waals surface area (Å²) in [6.07, 6.45) is -4.69. The van der Waals surface area contributed by atoms with Crippen LogP contribution in [0.1, 0.15) is 51.1 Å². The number of hydrogen-bond acceptors (Lipinski definition) is 4. The zero-order valence-corrected chi connectivity index (χ0v) is 18.7. The van der Waals surface area contributed by atoms with Crippen LogP contribution in [0, 0.1) is 11.6 Å². The summed E-state index contributed by atoms with van der Waals surface area (Å²) in [7, 11) is 0. The summed E-state index contributed by atoms with van der Waals surface area (Å²) in [5.41, 5.74) is 0.0685. The van der Waals surface area contributed by atoms with Crippen molar-refractivity contribution in [3.05, 3.63) is 92.4 Å². The van der Waals surface area contributed by atoms with Gasteiger partial charge in [-0.05, 0) is 47.2 Å². The summed E-state index contributed by atoms with van der Waals surface area (Å²) in [5.74, 6) is -3.78. The average molecular weight is 505 g/mol. The van der Waals surface area contributed by atoms with Gasteiger partial charge in [-0.2, -0.15) is 18.3 Å². The molecule has 1 N–H and O–H groups in total. The Morgan fingerprint density at radius 3 is 2.11 bits per heavy atom. The molecule has 0 fully saturated rings. The number of amides is 1. The molecule has 2 heterocycles. The second-order valence-corrected chi connectivity index (χ2v) is 8.93. The third-order valence-corrected chi connectivity index (χ3v) is 6.85. The van der Waals surface area contributed by atoms with Crippen molar-refractivity contribution in [3.63, 3.8) is 0 Å². The third kappa shape index (κ3) is 4.02. The lowest BCUT2D eigenvalue weighted by molar-refractivity contribution is -0.137. The predicted molar refractivity (Wildman–Crippen MR) is 118 cm³/mol. The highest BCUT2D eigenvalue weighted by atomic mass is 19.4. The lowest BCUT2D eigenvalue weighted by atomic mass is 9.81. The van der Waals surface area contributed by atoms with Crippen molar-refractivity contribution in [2.45, 2.75) is 37.4 Å². The molecule has 188 valence electrons. The van der Waals surface area contributed by atoms with Crippen LogP contribution in [0.3, 0.4) is 0 Å². The molecule has 36 heavy (non-hydrogen) atoms. The van der Waals surface area contributed by atoms with Gasteiger partial charge in [0.15, 0.2) is 11.4 Å². The Labute approximate surface area is 201 Å². The molecule has 0 saturated carbocycles. The summed E-state index contributed by atoms with van der Waals surface area (Å²) in [4.78, 5) is 26.1. The first-order chi connectivity index (χ1) is 17.1. The summed E-state index contributed by atoms with van der Waals surface area (Å²) in [5, 5.41) is 14.5. The van der Waals surface area contributed by atoms with Gasteiger partial charge in [-0.25, -0.2) is 8.78 Å². The van der Waals surface area contributed by atoms with Crippen LogP contribution in [0.15, 0.2) is 47.4 Å². The number of aromatic hydroxyl groups is 1. The Hall–Kier alpha value is -3.76. The highest BCUT2D eigenvalue weighted by Gasteiger charge is 2.43. The minimum absolute atomic E-state index is 0.186. The Kier molecular flexibility index (Phi) is 5.80. The van der Waals surface area contributed by atoms with Gasteiger partial charge in [0.2, 0.25) is 5.43 Å². The summed E-state index contributed by atoms with van der Waals surface area (Å²) in [6.45, 7) is -1.01. The van der Waals surface area contributed by atoms with Crippen LogP contribution < -0.4 is 5.43 Å². The molecular formula is C25H20F5N3O3. The first-order valence-corrected chi connectivity index (χ1v) is 11.3.